The number of aromatic nitrogens is 5. The normalized spacial score (nSPS) is 11.3. The van der Waals surface area contributed by atoms with E-state index in [1.165, 1.54) is 4.63 Å². The fourth-order valence-corrected chi connectivity index (χ4v) is 1.83. The average Bonchev–Trinajstić information content (AvgIpc) is 2.66. The second-order valence-electron chi connectivity index (χ2n) is 2.97. The molecule has 15 heavy (non-hydrogen) atoms. The van der Waals surface area contributed by atoms with E-state index >= 15 is 0 Å². The summed E-state index contributed by atoms with van der Waals surface area (Å²) in [5.74, 6) is 0. The number of hydrogen-bond acceptors (Lipinski definition) is 4. The molecule has 74 valence electrons. The van der Waals surface area contributed by atoms with Crippen molar-refractivity contribution in [1.29, 1.82) is 0 Å². The summed E-state index contributed by atoms with van der Waals surface area (Å²) >= 11 is 11.8. The maximum atomic E-state index is 5.98. The van der Waals surface area contributed by atoms with Gasteiger partial charge in [0.05, 0.1) is 0 Å². The summed E-state index contributed by atoms with van der Waals surface area (Å²) in [5.41, 5.74) is 0.561. The van der Waals surface area contributed by atoms with E-state index in [1.807, 2.05) is 6.07 Å². The monoisotopic (exact) mass is 239 g/mol. The van der Waals surface area contributed by atoms with Gasteiger partial charge in [0.1, 0.15) is 0 Å². The van der Waals surface area contributed by atoms with E-state index < -0.39 is 0 Å². The Morgan fingerprint density at radius 2 is 2.00 bits per heavy atom. The lowest BCUT2D eigenvalue weighted by Gasteiger charge is -2.00. The highest BCUT2D eigenvalue weighted by Gasteiger charge is 2.09. The van der Waals surface area contributed by atoms with Gasteiger partial charge in [-0.25, -0.2) is 0 Å². The van der Waals surface area contributed by atoms with Crippen molar-refractivity contribution in [3.8, 4) is 0 Å². The van der Waals surface area contributed by atoms with Crippen LogP contribution in [-0.2, 0) is 0 Å². The van der Waals surface area contributed by atoms with E-state index in [0.29, 0.717) is 15.8 Å². The van der Waals surface area contributed by atoms with Crippen LogP contribution in [0.25, 0.3) is 16.4 Å². The van der Waals surface area contributed by atoms with Crippen molar-refractivity contribution in [3.05, 3.63) is 28.4 Å². The van der Waals surface area contributed by atoms with Crippen LogP contribution in [-0.4, -0.2) is 25.3 Å². The molecule has 3 aromatic rings. The number of rotatable bonds is 0. The van der Waals surface area contributed by atoms with Crippen molar-refractivity contribution >= 4 is 39.6 Å². The molecule has 7 heteroatoms. The second-order valence-corrected chi connectivity index (χ2v) is 3.77. The van der Waals surface area contributed by atoms with Crippen LogP contribution in [0.3, 0.4) is 0 Å². The third-order valence-electron chi connectivity index (χ3n) is 2.08. The van der Waals surface area contributed by atoms with Gasteiger partial charge in [-0.2, -0.15) is 0 Å². The van der Waals surface area contributed by atoms with Crippen LogP contribution in [0.1, 0.15) is 0 Å². The predicted molar refractivity (Wildman–Crippen MR) is 56.1 cm³/mol. The maximum absolute atomic E-state index is 5.98. The Morgan fingerprint density at radius 1 is 1.13 bits per heavy atom. The van der Waals surface area contributed by atoms with Crippen molar-refractivity contribution in [3.63, 3.8) is 0 Å². The number of hydrogen-bond donors (Lipinski definition) is 0. The van der Waals surface area contributed by atoms with Gasteiger partial charge in [-0.15, -0.1) is 14.8 Å². The lowest BCUT2D eigenvalue weighted by molar-refractivity contribution is 0.736. The highest BCUT2D eigenvalue weighted by molar-refractivity contribution is 6.36. The fourth-order valence-electron chi connectivity index (χ4n) is 1.43. The summed E-state index contributed by atoms with van der Waals surface area (Å²) in [6.45, 7) is 0. The lowest BCUT2D eigenvalue weighted by Crippen LogP contribution is -1.95. The highest BCUT2D eigenvalue weighted by atomic mass is 35.5. The molecule has 0 fully saturated rings. The van der Waals surface area contributed by atoms with Crippen LogP contribution in [0.5, 0.6) is 0 Å². The molecule has 0 N–H and O–H groups in total. The Morgan fingerprint density at radius 3 is 2.87 bits per heavy atom. The van der Waals surface area contributed by atoms with Crippen molar-refractivity contribution in [2.45, 2.75) is 0 Å². The first-order valence-electron chi connectivity index (χ1n) is 4.09. The topological polar surface area (TPSA) is 56.0 Å². The molecule has 0 saturated carbocycles. The quantitative estimate of drug-likeness (QED) is 0.602. The number of nitrogens with zero attached hydrogens (tertiary/aromatic N) is 5. The zero-order valence-electron chi connectivity index (χ0n) is 7.22. The van der Waals surface area contributed by atoms with Crippen molar-refractivity contribution in [2.75, 3.05) is 0 Å². The fraction of sp³-hybridized carbons (Fsp3) is 0. The zero-order chi connectivity index (χ0) is 10.4. The first-order chi connectivity index (χ1) is 7.25. The molecule has 5 nitrogen and oxygen atoms in total. The summed E-state index contributed by atoms with van der Waals surface area (Å²) in [4.78, 5) is 0. The van der Waals surface area contributed by atoms with Gasteiger partial charge >= 0.3 is 0 Å². The number of benzene rings is 1. The molecule has 0 amide bonds. The maximum Gasteiger partial charge on any atom is 0.207 e. The van der Waals surface area contributed by atoms with Crippen molar-refractivity contribution in [1.82, 2.24) is 25.3 Å². The van der Waals surface area contributed by atoms with Crippen LogP contribution >= 0.6 is 23.2 Å². The van der Waals surface area contributed by atoms with Gasteiger partial charge in [0.25, 0.3) is 0 Å². The minimum absolute atomic E-state index is 0.326. The van der Waals surface area contributed by atoms with E-state index in [1.54, 1.807) is 12.1 Å². The van der Waals surface area contributed by atoms with E-state index in [0.717, 1.165) is 10.8 Å². The minimum atomic E-state index is 0.326. The molecule has 2 aromatic heterocycles. The van der Waals surface area contributed by atoms with E-state index in [-0.39, 0.29) is 0 Å². The molecule has 3 rings (SSSR count). The molecule has 2 heterocycles. The SMILES string of the molecule is Clc1ccc2c(c1)c(Cl)nn1nnnc21. The van der Waals surface area contributed by atoms with Crippen LogP contribution < -0.4 is 0 Å². The predicted octanol–water partition coefficient (Wildman–Crippen LogP) is 1.98. The Kier molecular flexibility index (Phi) is 1.77. The molecule has 1 aromatic carbocycles. The Bertz CT molecular complexity index is 662. The largest absolute Gasteiger partial charge is 0.207 e. The van der Waals surface area contributed by atoms with Gasteiger partial charge < -0.3 is 0 Å². The second kappa shape index (κ2) is 3.01. The van der Waals surface area contributed by atoms with E-state index in [2.05, 4.69) is 20.6 Å². The zero-order valence-corrected chi connectivity index (χ0v) is 8.74. The van der Waals surface area contributed by atoms with Crippen LogP contribution in [0.4, 0.5) is 0 Å². The molecular formula is C8H3Cl2N5. The van der Waals surface area contributed by atoms with E-state index in [4.69, 9.17) is 23.2 Å². The number of fused-ring (bicyclic) bond motifs is 3. The average molecular weight is 240 g/mol. The smallest absolute Gasteiger partial charge is 0.134 e. The summed E-state index contributed by atoms with van der Waals surface area (Å²) < 4.78 is 1.29. The molecule has 0 radical (unpaired) electrons. The summed E-state index contributed by atoms with van der Waals surface area (Å²) in [5, 5.41) is 17.5. The molecule has 0 saturated heterocycles. The summed E-state index contributed by atoms with van der Waals surface area (Å²) in [6, 6.07) is 5.31. The molecular weight excluding hydrogens is 237 g/mol. The molecule has 0 unspecified atom stereocenters. The highest BCUT2D eigenvalue weighted by Crippen LogP contribution is 2.26. The first-order valence-corrected chi connectivity index (χ1v) is 4.84. The summed E-state index contributed by atoms with van der Waals surface area (Å²) in [6.07, 6.45) is 0. The van der Waals surface area contributed by atoms with Gasteiger partial charge in [-0.3, -0.25) is 0 Å². The van der Waals surface area contributed by atoms with Gasteiger partial charge in [-0.1, -0.05) is 23.2 Å². The minimum Gasteiger partial charge on any atom is -0.134 e. The standard InChI is InChI=1S/C8H3Cl2N5/c9-4-1-2-5-6(3-4)7(10)12-15-8(5)11-13-14-15/h1-3H. The van der Waals surface area contributed by atoms with Crippen molar-refractivity contribution < 1.29 is 0 Å². The third-order valence-corrected chi connectivity index (χ3v) is 2.60. The van der Waals surface area contributed by atoms with Crippen molar-refractivity contribution in [2.24, 2.45) is 0 Å². The molecule has 0 aliphatic carbocycles. The first kappa shape index (κ1) is 8.82. The molecule has 0 spiro atoms. The van der Waals surface area contributed by atoms with Gasteiger partial charge in [0, 0.05) is 15.8 Å². The number of halogens is 2. The third kappa shape index (κ3) is 1.24. The lowest BCUT2D eigenvalue weighted by atomic mass is 10.2. The van der Waals surface area contributed by atoms with Gasteiger partial charge in [-0.05, 0) is 28.6 Å². The number of tetrazole rings is 1. The van der Waals surface area contributed by atoms with E-state index in [9.17, 15) is 0 Å². The molecule has 0 bridgehead atoms. The molecule has 0 atom stereocenters. The molecule has 0 aliphatic heterocycles. The van der Waals surface area contributed by atoms with Crippen LogP contribution in [0.15, 0.2) is 18.2 Å². The Labute approximate surface area is 93.6 Å². The Hall–Kier alpha value is -1.46. The van der Waals surface area contributed by atoms with Crippen LogP contribution in [0, 0.1) is 0 Å². The van der Waals surface area contributed by atoms with Gasteiger partial charge in [0.2, 0.25) is 5.65 Å². The van der Waals surface area contributed by atoms with Gasteiger partial charge in [0.15, 0.2) is 5.15 Å². The molecule has 0 aliphatic rings. The summed E-state index contributed by atoms with van der Waals surface area (Å²) in [7, 11) is 0. The Balaban J connectivity index is 2.61. The van der Waals surface area contributed by atoms with Crippen LogP contribution in [0.2, 0.25) is 10.2 Å².